The summed E-state index contributed by atoms with van der Waals surface area (Å²) >= 11 is 0. The molecule has 33 heavy (non-hydrogen) atoms. The Morgan fingerprint density at radius 3 is 1.79 bits per heavy atom. The highest BCUT2D eigenvalue weighted by atomic mass is 16.2. The summed E-state index contributed by atoms with van der Waals surface area (Å²) in [5.74, 6) is -0.0894. The monoisotopic (exact) mass is 459 g/mol. The molecule has 0 aliphatic rings. The van der Waals surface area contributed by atoms with Gasteiger partial charge in [0, 0.05) is 17.8 Å². The van der Waals surface area contributed by atoms with Gasteiger partial charge in [-0.05, 0) is 37.6 Å². The normalized spacial score (nSPS) is 10.9. The third kappa shape index (κ3) is 15.6. The maximum atomic E-state index is 12.2. The van der Waals surface area contributed by atoms with Crippen molar-refractivity contribution in [1.29, 1.82) is 0 Å². The van der Waals surface area contributed by atoms with E-state index in [2.05, 4.69) is 22.9 Å². The topological polar surface area (TPSA) is 70.2 Å². The number of hydrogen-bond acceptors (Lipinski definition) is 3. The third-order valence-corrected chi connectivity index (χ3v) is 6.11. The highest BCUT2D eigenvalue weighted by molar-refractivity contribution is 5.95. The number of hydrogen-bond donors (Lipinski definition) is 3. The van der Waals surface area contributed by atoms with Gasteiger partial charge in [-0.15, -0.1) is 0 Å². The van der Waals surface area contributed by atoms with E-state index < -0.39 is 0 Å². The molecule has 0 bridgehead atoms. The van der Waals surface area contributed by atoms with Crippen molar-refractivity contribution < 1.29 is 9.59 Å². The smallest absolute Gasteiger partial charge is 0.238 e. The van der Waals surface area contributed by atoms with Gasteiger partial charge in [0.25, 0.3) is 0 Å². The van der Waals surface area contributed by atoms with Crippen LogP contribution in [0.3, 0.4) is 0 Å². The summed E-state index contributed by atoms with van der Waals surface area (Å²) in [5, 5.41) is 9.00. The molecule has 1 aromatic rings. The Kier molecular flexibility index (Phi) is 17.3. The van der Waals surface area contributed by atoms with Crippen LogP contribution in [-0.4, -0.2) is 24.9 Å². The second kappa shape index (κ2) is 19.6. The Hall–Kier alpha value is -1.88. The van der Waals surface area contributed by atoms with Gasteiger partial charge >= 0.3 is 0 Å². The number of aryl methyl sites for hydroxylation is 1. The van der Waals surface area contributed by atoms with Crippen LogP contribution < -0.4 is 16.0 Å². The molecule has 0 radical (unpaired) electrons. The molecular formula is C28H49N3O2. The lowest BCUT2D eigenvalue weighted by molar-refractivity contribution is -0.116. The highest BCUT2D eigenvalue weighted by Gasteiger charge is 2.06. The predicted molar refractivity (Wildman–Crippen MR) is 142 cm³/mol. The van der Waals surface area contributed by atoms with Gasteiger partial charge in [-0.2, -0.15) is 0 Å². The van der Waals surface area contributed by atoms with Gasteiger partial charge in [0.05, 0.1) is 6.54 Å². The first-order valence-electron chi connectivity index (χ1n) is 13.5. The van der Waals surface area contributed by atoms with E-state index in [0.717, 1.165) is 24.2 Å². The fourth-order valence-corrected chi connectivity index (χ4v) is 3.92. The summed E-state index contributed by atoms with van der Waals surface area (Å²) in [6.07, 6.45) is 19.4. The Balaban J connectivity index is 1.98. The first-order valence-corrected chi connectivity index (χ1v) is 13.5. The molecule has 0 heterocycles. The van der Waals surface area contributed by atoms with Gasteiger partial charge < -0.3 is 16.0 Å². The summed E-state index contributed by atoms with van der Waals surface area (Å²) in [6, 6.07) is 5.58. The van der Waals surface area contributed by atoms with Crippen LogP contribution in [0.25, 0.3) is 0 Å². The standard InChI is InChI=1S/C28H49N3O2/c1-4-6-7-8-9-10-11-12-13-14-15-16-17-18-21-29-23-28(33)30-25-20-19-24(3)26(22-25)31-27(32)5-2/h19-20,22,29H,4-18,21,23H2,1-3H3,(H,30,33)(H,31,32). The average molecular weight is 460 g/mol. The van der Waals surface area contributed by atoms with Crippen LogP contribution in [0.2, 0.25) is 0 Å². The number of unbranched alkanes of at least 4 members (excludes halogenated alkanes) is 13. The van der Waals surface area contributed by atoms with Crippen LogP contribution in [-0.2, 0) is 9.59 Å². The molecule has 5 nitrogen and oxygen atoms in total. The molecule has 2 amide bonds. The second-order valence-electron chi connectivity index (χ2n) is 9.25. The summed E-state index contributed by atoms with van der Waals surface area (Å²) in [7, 11) is 0. The van der Waals surface area contributed by atoms with Crippen LogP contribution in [0.4, 0.5) is 11.4 Å². The number of nitrogens with one attached hydrogen (secondary N) is 3. The van der Waals surface area contributed by atoms with Gasteiger partial charge in [0.2, 0.25) is 11.8 Å². The molecule has 0 aliphatic carbocycles. The number of amides is 2. The fraction of sp³-hybridized carbons (Fsp3) is 0.714. The van der Waals surface area contributed by atoms with Gasteiger partial charge in [-0.25, -0.2) is 0 Å². The fourth-order valence-electron chi connectivity index (χ4n) is 3.92. The summed E-state index contributed by atoms with van der Waals surface area (Å²) in [5.41, 5.74) is 2.43. The first kappa shape index (κ1) is 29.2. The summed E-state index contributed by atoms with van der Waals surface area (Å²) < 4.78 is 0. The Labute approximate surface area is 202 Å². The van der Waals surface area contributed by atoms with Crippen LogP contribution >= 0.6 is 0 Å². The maximum absolute atomic E-state index is 12.2. The van der Waals surface area contributed by atoms with Gasteiger partial charge in [0.15, 0.2) is 0 Å². The molecule has 1 aromatic carbocycles. The summed E-state index contributed by atoms with van der Waals surface area (Å²) in [4.78, 5) is 23.8. The molecule has 0 spiro atoms. The van der Waals surface area contributed by atoms with E-state index in [1.54, 1.807) is 0 Å². The van der Waals surface area contributed by atoms with Crippen molar-refractivity contribution >= 4 is 23.2 Å². The molecule has 1 rings (SSSR count). The minimum atomic E-state index is -0.0583. The molecule has 0 saturated heterocycles. The Bertz CT molecular complexity index is 661. The van der Waals surface area contributed by atoms with Crippen LogP contribution in [0, 0.1) is 6.92 Å². The quantitative estimate of drug-likeness (QED) is 0.178. The number of rotatable bonds is 20. The largest absolute Gasteiger partial charge is 0.326 e. The molecular weight excluding hydrogens is 410 g/mol. The molecule has 0 unspecified atom stereocenters. The van der Waals surface area contributed by atoms with E-state index in [9.17, 15) is 9.59 Å². The van der Waals surface area contributed by atoms with Crippen molar-refractivity contribution in [2.75, 3.05) is 23.7 Å². The predicted octanol–water partition coefficient (Wildman–Crippen LogP) is 7.35. The molecule has 0 aromatic heterocycles. The van der Waals surface area contributed by atoms with E-state index in [1.165, 1.54) is 83.5 Å². The summed E-state index contributed by atoms with van der Waals surface area (Å²) in [6.45, 7) is 7.21. The SMILES string of the molecule is CCCCCCCCCCCCCCCCNCC(=O)Nc1ccc(C)c(NC(=O)CC)c1. The van der Waals surface area contributed by atoms with Crippen LogP contribution in [0.15, 0.2) is 18.2 Å². The maximum Gasteiger partial charge on any atom is 0.238 e. The first-order chi connectivity index (χ1) is 16.1. The molecule has 0 saturated carbocycles. The van der Waals surface area contributed by atoms with Crippen molar-refractivity contribution in [2.24, 2.45) is 0 Å². The zero-order valence-corrected chi connectivity index (χ0v) is 21.6. The number of benzene rings is 1. The zero-order valence-electron chi connectivity index (χ0n) is 21.6. The lowest BCUT2D eigenvalue weighted by Crippen LogP contribution is -2.28. The molecule has 0 aliphatic heterocycles. The van der Waals surface area contributed by atoms with Crippen molar-refractivity contribution in [3.05, 3.63) is 23.8 Å². The van der Waals surface area contributed by atoms with Gasteiger partial charge in [-0.3, -0.25) is 9.59 Å². The van der Waals surface area contributed by atoms with E-state index in [-0.39, 0.29) is 11.8 Å². The number of carbonyl (C=O) groups is 2. The third-order valence-electron chi connectivity index (χ3n) is 6.11. The second-order valence-corrected chi connectivity index (χ2v) is 9.25. The van der Waals surface area contributed by atoms with Crippen molar-refractivity contribution in [2.45, 2.75) is 117 Å². The van der Waals surface area contributed by atoms with Crippen molar-refractivity contribution in [1.82, 2.24) is 5.32 Å². The minimum Gasteiger partial charge on any atom is -0.326 e. The van der Waals surface area contributed by atoms with Crippen molar-refractivity contribution in [3.63, 3.8) is 0 Å². The molecule has 0 atom stereocenters. The lowest BCUT2D eigenvalue weighted by Gasteiger charge is -2.11. The zero-order chi connectivity index (χ0) is 24.2. The Morgan fingerprint density at radius 2 is 1.24 bits per heavy atom. The molecule has 0 fully saturated rings. The van der Waals surface area contributed by atoms with Gasteiger partial charge in [0.1, 0.15) is 0 Å². The van der Waals surface area contributed by atoms with E-state index in [0.29, 0.717) is 18.7 Å². The van der Waals surface area contributed by atoms with Gasteiger partial charge in [-0.1, -0.05) is 103 Å². The Morgan fingerprint density at radius 1 is 0.697 bits per heavy atom. The van der Waals surface area contributed by atoms with Crippen LogP contribution in [0.1, 0.15) is 116 Å². The minimum absolute atomic E-state index is 0.0311. The lowest BCUT2D eigenvalue weighted by atomic mass is 10.0. The van der Waals surface area contributed by atoms with Crippen LogP contribution in [0.5, 0.6) is 0 Å². The van der Waals surface area contributed by atoms with E-state index in [4.69, 9.17) is 0 Å². The average Bonchev–Trinajstić information content (AvgIpc) is 2.80. The number of anilines is 2. The van der Waals surface area contributed by atoms with Crippen molar-refractivity contribution in [3.8, 4) is 0 Å². The molecule has 5 heteroatoms. The number of carbonyl (C=O) groups excluding carboxylic acids is 2. The highest BCUT2D eigenvalue weighted by Crippen LogP contribution is 2.20. The van der Waals surface area contributed by atoms with E-state index in [1.807, 2.05) is 32.0 Å². The molecule has 3 N–H and O–H groups in total. The van der Waals surface area contributed by atoms with E-state index >= 15 is 0 Å². The molecule has 188 valence electrons.